The molecule has 0 unspecified atom stereocenters. The number of rotatable bonds is 7. The van der Waals surface area contributed by atoms with Crippen LogP contribution in [0.4, 0.5) is 0 Å². The zero-order chi connectivity index (χ0) is 22.4. The Balaban J connectivity index is 1.46. The first kappa shape index (κ1) is 23.8. The van der Waals surface area contributed by atoms with Crippen LogP contribution in [0.15, 0.2) is 11.6 Å². The van der Waals surface area contributed by atoms with Crippen LogP contribution >= 0.6 is 0 Å². The first-order valence-corrected chi connectivity index (χ1v) is 14.0. The van der Waals surface area contributed by atoms with Crippen molar-refractivity contribution >= 4 is 0 Å². The van der Waals surface area contributed by atoms with Crippen molar-refractivity contribution in [2.24, 2.45) is 46.3 Å². The van der Waals surface area contributed by atoms with Crippen molar-refractivity contribution in [3.63, 3.8) is 0 Å². The summed E-state index contributed by atoms with van der Waals surface area (Å²) >= 11 is 0. The van der Waals surface area contributed by atoms with E-state index in [0.717, 1.165) is 35.5 Å². The lowest BCUT2D eigenvalue weighted by Crippen LogP contribution is -2.51. The van der Waals surface area contributed by atoms with Crippen LogP contribution in [-0.2, 0) is 4.74 Å². The monoisotopic (exact) mass is 428 g/mol. The van der Waals surface area contributed by atoms with E-state index in [1.165, 1.54) is 70.6 Å². The molecular formula is C30H52O. The number of ether oxygens (including phenoxy) is 1. The molecule has 8 atom stereocenters. The summed E-state index contributed by atoms with van der Waals surface area (Å²) < 4.78 is 6.25. The van der Waals surface area contributed by atoms with Crippen molar-refractivity contribution in [1.82, 2.24) is 0 Å². The van der Waals surface area contributed by atoms with Crippen molar-refractivity contribution in [2.45, 2.75) is 131 Å². The van der Waals surface area contributed by atoms with Gasteiger partial charge < -0.3 is 4.74 Å². The minimum Gasteiger partial charge on any atom is -0.375 e. The van der Waals surface area contributed by atoms with Crippen LogP contribution in [0.25, 0.3) is 0 Å². The quantitative estimate of drug-likeness (QED) is 0.368. The summed E-state index contributed by atoms with van der Waals surface area (Å²) in [5.74, 6) is 5.60. The zero-order valence-corrected chi connectivity index (χ0v) is 21.9. The van der Waals surface area contributed by atoms with Gasteiger partial charge in [0.1, 0.15) is 0 Å². The molecular weight excluding hydrogens is 376 g/mol. The lowest BCUT2D eigenvalue weighted by Gasteiger charge is -2.58. The summed E-state index contributed by atoms with van der Waals surface area (Å²) in [4.78, 5) is 0. The first-order valence-electron chi connectivity index (χ1n) is 14.0. The third kappa shape index (κ3) is 4.43. The van der Waals surface area contributed by atoms with Crippen molar-refractivity contribution < 1.29 is 4.74 Å². The summed E-state index contributed by atoms with van der Waals surface area (Å²) in [5, 5.41) is 0. The van der Waals surface area contributed by atoms with Crippen LogP contribution in [0.5, 0.6) is 0 Å². The molecule has 0 saturated heterocycles. The van der Waals surface area contributed by atoms with Gasteiger partial charge in [0, 0.05) is 0 Å². The fourth-order valence-corrected chi connectivity index (χ4v) is 9.15. The molecule has 3 fully saturated rings. The van der Waals surface area contributed by atoms with Gasteiger partial charge in [-0.25, -0.2) is 0 Å². The standard InChI is InChI=1S/C30H52O/c1-20(2)9-8-10-22(5)26-13-14-27-25-12-11-23-19-24(31-21(3)4)15-17-29(23,6)28(25)16-18-30(26,27)7/h11,20-22,24-28H,8-10,12-19H2,1-7H3/t22-,24+,25-,26+,27-,28-,29+,30+/m1/s1. The molecule has 4 rings (SSSR count). The highest BCUT2D eigenvalue weighted by atomic mass is 16.5. The molecule has 1 nitrogen and oxygen atoms in total. The Morgan fingerprint density at radius 1 is 0.935 bits per heavy atom. The minimum absolute atomic E-state index is 0.361. The molecule has 3 saturated carbocycles. The summed E-state index contributed by atoms with van der Waals surface area (Å²) in [6.45, 7) is 17.1. The predicted molar refractivity (Wildman–Crippen MR) is 133 cm³/mol. The average molecular weight is 429 g/mol. The molecule has 0 heterocycles. The highest BCUT2D eigenvalue weighted by molar-refractivity contribution is 5.25. The van der Waals surface area contributed by atoms with E-state index in [1.54, 1.807) is 5.57 Å². The second-order valence-electron chi connectivity index (χ2n) is 13.3. The van der Waals surface area contributed by atoms with Crippen LogP contribution in [-0.4, -0.2) is 12.2 Å². The van der Waals surface area contributed by atoms with E-state index >= 15 is 0 Å². The zero-order valence-electron chi connectivity index (χ0n) is 21.9. The van der Waals surface area contributed by atoms with Gasteiger partial charge in [-0.05, 0) is 112 Å². The number of hydrogen-bond acceptors (Lipinski definition) is 1. The summed E-state index contributed by atoms with van der Waals surface area (Å²) in [5.41, 5.74) is 2.84. The smallest absolute Gasteiger partial charge is 0.0616 e. The van der Waals surface area contributed by atoms with Crippen LogP contribution in [0.3, 0.4) is 0 Å². The van der Waals surface area contributed by atoms with E-state index in [9.17, 15) is 0 Å². The third-order valence-corrected chi connectivity index (χ3v) is 10.7. The van der Waals surface area contributed by atoms with E-state index < -0.39 is 0 Å². The summed E-state index contributed by atoms with van der Waals surface area (Å²) in [6, 6.07) is 0. The molecule has 0 amide bonds. The Morgan fingerprint density at radius 3 is 2.42 bits per heavy atom. The maximum Gasteiger partial charge on any atom is 0.0616 e. The van der Waals surface area contributed by atoms with Crippen molar-refractivity contribution in [3.05, 3.63) is 11.6 Å². The molecule has 0 aromatic heterocycles. The Kier molecular flexibility index (Phi) is 7.04. The molecule has 178 valence electrons. The molecule has 0 aromatic rings. The molecule has 4 aliphatic rings. The maximum atomic E-state index is 6.25. The number of fused-ring (bicyclic) bond motifs is 5. The van der Waals surface area contributed by atoms with Gasteiger partial charge >= 0.3 is 0 Å². The number of hydrogen-bond donors (Lipinski definition) is 0. The van der Waals surface area contributed by atoms with Crippen LogP contribution in [0, 0.1) is 46.3 Å². The molecule has 0 radical (unpaired) electrons. The van der Waals surface area contributed by atoms with Gasteiger partial charge in [0.05, 0.1) is 12.2 Å². The Morgan fingerprint density at radius 2 is 1.71 bits per heavy atom. The van der Waals surface area contributed by atoms with Gasteiger partial charge in [-0.2, -0.15) is 0 Å². The normalized spacial score (nSPS) is 43.4. The molecule has 31 heavy (non-hydrogen) atoms. The Labute approximate surface area is 194 Å². The van der Waals surface area contributed by atoms with E-state index in [2.05, 4.69) is 54.5 Å². The Bertz CT molecular complexity index is 647. The summed E-state index contributed by atoms with van der Waals surface area (Å²) in [7, 11) is 0. The fourth-order valence-electron chi connectivity index (χ4n) is 9.15. The molecule has 0 aliphatic heterocycles. The van der Waals surface area contributed by atoms with Gasteiger partial charge in [-0.3, -0.25) is 0 Å². The fraction of sp³-hybridized carbons (Fsp3) is 0.933. The minimum atomic E-state index is 0.361. The SMILES string of the molecule is CC(C)CCC[C@@H](C)[C@@H]1CC[C@@H]2[C@H]3CC=C4C[C@@H](OC(C)C)CC[C@]4(C)[C@@H]3CC[C@]21C. The molecule has 0 N–H and O–H groups in total. The van der Waals surface area contributed by atoms with Crippen molar-refractivity contribution in [1.29, 1.82) is 0 Å². The van der Waals surface area contributed by atoms with E-state index in [0.29, 0.717) is 23.0 Å². The first-order chi connectivity index (χ1) is 14.6. The van der Waals surface area contributed by atoms with Crippen LogP contribution in [0.2, 0.25) is 0 Å². The predicted octanol–water partition coefficient (Wildman–Crippen LogP) is 8.82. The lowest BCUT2D eigenvalue weighted by molar-refractivity contribution is -0.0707. The lowest BCUT2D eigenvalue weighted by atomic mass is 9.47. The van der Waals surface area contributed by atoms with Gasteiger partial charge in [0.2, 0.25) is 0 Å². The van der Waals surface area contributed by atoms with Crippen LogP contribution < -0.4 is 0 Å². The number of allylic oxidation sites excluding steroid dienone is 1. The van der Waals surface area contributed by atoms with E-state index in [-0.39, 0.29) is 0 Å². The molecule has 0 spiro atoms. The maximum absolute atomic E-state index is 6.25. The second-order valence-corrected chi connectivity index (χ2v) is 13.3. The van der Waals surface area contributed by atoms with Gasteiger partial charge in [-0.15, -0.1) is 0 Å². The van der Waals surface area contributed by atoms with Crippen LogP contribution in [0.1, 0.15) is 119 Å². The topological polar surface area (TPSA) is 9.23 Å². The van der Waals surface area contributed by atoms with Crippen molar-refractivity contribution in [2.75, 3.05) is 0 Å². The Hall–Kier alpha value is -0.300. The molecule has 0 aromatic carbocycles. The molecule has 0 bridgehead atoms. The van der Waals surface area contributed by atoms with E-state index in [4.69, 9.17) is 4.74 Å². The second kappa shape index (κ2) is 9.15. The van der Waals surface area contributed by atoms with E-state index in [1.807, 2.05) is 0 Å². The van der Waals surface area contributed by atoms with Gasteiger partial charge in [-0.1, -0.05) is 65.5 Å². The van der Waals surface area contributed by atoms with Gasteiger partial charge in [0.15, 0.2) is 0 Å². The average Bonchev–Trinajstić information content (AvgIpc) is 3.05. The highest BCUT2D eigenvalue weighted by Crippen LogP contribution is 2.67. The van der Waals surface area contributed by atoms with Gasteiger partial charge in [0.25, 0.3) is 0 Å². The van der Waals surface area contributed by atoms with Crippen molar-refractivity contribution in [3.8, 4) is 0 Å². The largest absolute Gasteiger partial charge is 0.375 e. The molecule has 4 aliphatic carbocycles. The highest BCUT2D eigenvalue weighted by Gasteiger charge is 2.59. The summed E-state index contributed by atoms with van der Waals surface area (Å²) in [6.07, 6.45) is 19.0. The third-order valence-electron chi connectivity index (χ3n) is 10.7. The molecule has 1 heteroatoms.